The molecule has 0 fully saturated rings. The fraction of sp³-hybridized carbons (Fsp3) is 0.300. The Balaban J connectivity index is 3.01. The Labute approximate surface area is 105 Å². The number of aliphatic carboxylic acids is 1. The molecule has 1 rings (SSSR count). The molecular weight excluding hydrogens is 269 g/mol. The van der Waals surface area contributed by atoms with Gasteiger partial charge in [0.15, 0.2) is 5.69 Å². The summed E-state index contributed by atoms with van der Waals surface area (Å²) in [5.41, 5.74) is -0.631. The first-order valence-corrected chi connectivity index (χ1v) is 4.92. The first kappa shape index (κ1) is 14.7. The molecule has 0 spiro atoms. The molecule has 1 amide bonds. The summed E-state index contributed by atoms with van der Waals surface area (Å²) in [7, 11) is 0. The van der Waals surface area contributed by atoms with Gasteiger partial charge >= 0.3 is 12.1 Å². The number of hydrogen-bond acceptors (Lipinski definition) is 4. The van der Waals surface area contributed by atoms with Crippen LogP contribution in [0.3, 0.4) is 0 Å². The van der Waals surface area contributed by atoms with Crippen LogP contribution in [0.4, 0.5) is 13.2 Å². The Morgan fingerprint density at radius 2 is 2.00 bits per heavy atom. The van der Waals surface area contributed by atoms with Gasteiger partial charge in [-0.3, -0.25) is 9.59 Å². The second kappa shape index (κ2) is 5.55. The number of pyridine rings is 1. The van der Waals surface area contributed by atoms with Gasteiger partial charge < -0.3 is 15.1 Å². The lowest BCUT2D eigenvalue weighted by Gasteiger charge is -2.21. The Morgan fingerprint density at radius 3 is 2.47 bits per heavy atom. The fourth-order valence-electron chi connectivity index (χ4n) is 1.29. The van der Waals surface area contributed by atoms with E-state index in [1.165, 1.54) is 6.07 Å². The average molecular weight is 278 g/mol. The molecule has 0 saturated carbocycles. The van der Waals surface area contributed by atoms with Gasteiger partial charge in [0, 0.05) is 6.20 Å². The van der Waals surface area contributed by atoms with Crippen LogP contribution >= 0.6 is 0 Å². The van der Waals surface area contributed by atoms with Crippen molar-refractivity contribution in [3.63, 3.8) is 0 Å². The van der Waals surface area contributed by atoms with Crippen LogP contribution in [0.2, 0.25) is 0 Å². The van der Waals surface area contributed by atoms with Crippen LogP contribution in [0.15, 0.2) is 18.3 Å². The number of alkyl halides is 3. The van der Waals surface area contributed by atoms with Crippen molar-refractivity contribution in [2.45, 2.75) is 6.18 Å². The number of nitrogens with zero attached hydrogens (tertiary/aromatic N) is 2. The molecule has 1 aromatic rings. The van der Waals surface area contributed by atoms with Crippen molar-refractivity contribution in [2.24, 2.45) is 0 Å². The van der Waals surface area contributed by atoms with Gasteiger partial charge in [-0.15, -0.1) is 0 Å². The van der Waals surface area contributed by atoms with Crippen molar-refractivity contribution < 1.29 is 33.0 Å². The lowest BCUT2D eigenvalue weighted by molar-refractivity contribution is -0.149. The van der Waals surface area contributed by atoms with Crippen molar-refractivity contribution in [3.8, 4) is 5.75 Å². The van der Waals surface area contributed by atoms with Crippen molar-refractivity contribution in [1.82, 2.24) is 9.88 Å². The predicted octanol–water partition coefficient (Wildman–Crippen LogP) is 0.876. The Bertz CT molecular complexity index is 490. The van der Waals surface area contributed by atoms with E-state index in [-0.39, 0.29) is 4.90 Å². The number of amides is 1. The minimum absolute atomic E-state index is 0.0460. The van der Waals surface area contributed by atoms with Gasteiger partial charge in [-0.2, -0.15) is 13.2 Å². The zero-order valence-corrected chi connectivity index (χ0v) is 9.39. The van der Waals surface area contributed by atoms with Gasteiger partial charge in [0.2, 0.25) is 0 Å². The van der Waals surface area contributed by atoms with Crippen molar-refractivity contribution in [1.29, 1.82) is 0 Å². The molecule has 0 bridgehead atoms. The molecule has 1 heterocycles. The summed E-state index contributed by atoms with van der Waals surface area (Å²) in [6.45, 7) is -2.89. The van der Waals surface area contributed by atoms with Gasteiger partial charge in [0.25, 0.3) is 5.91 Å². The summed E-state index contributed by atoms with van der Waals surface area (Å²) in [4.78, 5) is 25.7. The predicted molar refractivity (Wildman–Crippen MR) is 55.5 cm³/mol. The Hall–Kier alpha value is -2.32. The number of aromatic hydroxyl groups is 1. The van der Waals surface area contributed by atoms with E-state index in [0.29, 0.717) is 0 Å². The second-order valence-electron chi connectivity index (χ2n) is 3.54. The summed E-state index contributed by atoms with van der Waals surface area (Å²) in [5.74, 6) is -3.53. The van der Waals surface area contributed by atoms with Crippen LogP contribution in [-0.2, 0) is 4.79 Å². The van der Waals surface area contributed by atoms with E-state index in [2.05, 4.69) is 4.98 Å². The smallest absolute Gasteiger partial charge is 0.406 e. The van der Waals surface area contributed by atoms with Gasteiger partial charge in [-0.1, -0.05) is 0 Å². The van der Waals surface area contributed by atoms with Crippen LogP contribution in [0, 0.1) is 0 Å². The summed E-state index contributed by atoms with van der Waals surface area (Å²) in [6.07, 6.45) is -3.66. The summed E-state index contributed by atoms with van der Waals surface area (Å²) in [6, 6.07) is 2.34. The molecule has 19 heavy (non-hydrogen) atoms. The van der Waals surface area contributed by atoms with E-state index in [1.807, 2.05) is 0 Å². The molecule has 0 aliphatic carbocycles. The summed E-state index contributed by atoms with van der Waals surface area (Å²) in [5, 5.41) is 17.8. The third-order valence-corrected chi connectivity index (χ3v) is 1.97. The normalized spacial score (nSPS) is 11.1. The molecule has 2 N–H and O–H groups in total. The highest BCUT2D eigenvalue weighted by molar-refractivity contribution is 5.96. The maximum atomic E-state index is 12.3. The SMILES string of the molecule is O=C(O)CN(CC(F)(F)F)C(=O)c1ncccc1O. The van der Waals surface area contributed by atoms with Gasteiger partial charge in [0.05, 0.1) is 0 Å². The minimum atomic E-state index is -4.75. The highest BCUT2D eigenvalue weighted by Crippen LogP contribution is 2.20. The molecule has 0 aromatic carbocycles. The molecule has 6 nitrogen and oxygen atoms in total. The number of carbonyl (C=O) groups is 2. The highest BCUT2D eigenvalue weighted by Gasteiger charge is 2.35. The molecular formula is C10H9F3N2O4. The molecule has 0 unspecified atom stereocenters. The van der Waals surface area contributed by atoms with Crippen molar-refractivity contribution >= 4 is 11.9 Å². The van der Waals surface area contributed by atoms with E-state index < -0.39 is 42.6 Å². The Morgan fingerprint density at radius 1 is 1.37 bits per heavy atom. The Kier molecular flexibility index (Phi) is 4.30. The lowest BCUT2D eigenvalue weighted by Crippen LogP contribution is -2.42. The number of rotatable bonds is 4. The maximum absolute atomic E-state index is 12.3. The lowest BCUT2D eigenvalue weighted by atomic mass is 10.3. The standard InChI is InChI=1S/C10H9F3N2O4/c11-10(12,13)5-15(4-7(17)18)9(19)8-6(16)2-1-3-14-8/h1-3,16H,4-5H2,(H,17,18). The largest absolute Gasteiger partial charge is 0.505 e. The first-order chi connectivity index (χ1) is 8.70. The molecule has 0 aliphatic heterocycles. The number of aromatic nitrogens is 1. The summed E-state index contributed by atoms with van der Waals surface area (Å²) >= 11 is 0. The van der Waals surface area contributed by atoms with E-state index in [0.717, 1.165) is 12.3 Å². The van der Waals surface area contributed by atoms with Crippen LogP contribution in [0.5, 0.6) is 5.75 Å². The van der Waals surface area contributed by atoms with Crippen LogP contribution in [0.25, 0.3) is 0 Å². The van der Waals surface area contributed by atoms with Crippen LogP contribution in [0.1, 0.15) is 10.5 Å². The molecule has 9 heteroatoms. The van der Waals surface area contributed by atoms with Crippen molar-refractivity contribution in [3.05, 3.63) is 24.0 Å². The van der Waals surface area contributed by atoms with Crippen LogP contribution < -0.4 is 0 Å². The third-order valence-electron chi connectivity index (χ3n) is 1.97. The molecule has 0 radical (unpaired) electrons. The molecule has 0 atom stereocenters. The fourth-order valence-corrected chi connectivity index (χ4v) is 1.29. The van der Waals surface area contributed by atoms with E-state index >= 15 is 0 Å². The summed E-state index contributed by atoms with van der Waals surface area (Å²) < 4.78 is 36.8. The third kappa shape index (κ3) is 4.45. The van der Waals surface area contributed by atoms with E-state index in [9.17, 15) is 27.9 Å². The molecule has 0 aliphatic rings. The topological polar surface area (TPSA) is 90.7 Å². The zero-order valence-electron chi connectivity index (χ0n) is 9.39. The molecule has 104 valence electrons. The highest BCUT2D eigenvalue weighted by atomic mass is 19.4. The molecule has 0 saturated heterocycles. The minimum Gasteiger partial charge on any atom is -0.505 e. The molecule has 1 aromatic heterocycles. The first-order valence-electron chi connectivity index (χ1n) is 4.92. The van der Waals surface area contributed by atoms with E-state index in [4.69, 9.17) is 5.11 Å². The number of carboxylic acids is 1. The number of carbonyl (C=O) groups excluding carboxylic acids is 1. The average Bonchev–Trinajstić information content (AvgIpc) is 2.25. The number of carboxylic acid groups (broad SMARTS) is 1. The number of hydrogen-bond donors (Lipinski definition) is 2. The van der Waals surface area contributed by atoms with Crippen molar-refractivity contribution in [2.75, 3.05) is 13.1 Å². The monoisotopic (exact) mass is 278 g/mol. The zero-order chi connectivity index (χ0) is 14.6. The van der Waals surface area contributed by atoms with Crippen LogP contribution in [-0.4, -0.2) is 51.2 Å². The number of halogens is 3. The van der Waals surface area contributed by atoms with Gasteiger partial charge in [-0.05, 0) is 12.1 Å². The van der Waals surface area contributed by atoms with Gasteiger partial charge in [-0.25, -0.2) is 4.98 Å². The van der Waals surface area contributed by atoms with E-state index in [1.54, 1.807) is 0 Å². The maximum Gasteiger partial charge on any atom is 0.406 e. The van der Waals surface area contributed by atoms with Gasteiger partial charge in [0.1, 0.15) is 18.8 Å². The quantitative estimate of drug-likeness (QED) is 0.853. The second-order valence-corrected chi connectivity index (χ2v) is 3.54.